The lowest BCUT2D eigenvalue weighted by molar-refractivity contribution is -0.118. The van der Waals surface area contributed by atoms with Crippen LogP contribution in [0.2, 0.25) is 0 Å². The van der Waals surface area contributed by atoms with E-state index in [9.17, 15) is 13.2 Å². The SMILES string of the molecule is NC1=NS(=O)(=O)NC(=O)C1. The molecule has 0 aliphatic carbocycles. The molecule has 0 unspecified atom stereocenters. The van der Waals surface area contributed by atoms with Crippen molar-refractivity contribution in [2.45, 2.75) is 6.42 Å². The molecule has 0 saturated heterocycles. The lowest BCUT2D eigenvalue weighted by Crippen LogP contribution is -2.38. The van der Waals surface area contributed by atoms with Crippen LogP contribution < -0.4 is 10.5 Å². The molecule has 3 N–H and O–H groups in total. The molecule has 1 aliphatic heterocycles. The van der Waals surface area contributed by atoms with E-state index in [1.165, 1.54) is 0 Å². The first-order valence-corrected chi connectivity index (χ1v) is 3.83. The molecule has 0 aromatic carbocycles. The molecule has 0 fully saturated rings. The molecule has 0 radical (unpaired) electrons. The summed E-state index contributed by atoms with van der Waals surface area (Å²) < 4.78 is 25.6. The van der Waals surface area contributed by atoms with Gasteiger partial charge in [0.05, 0.1) is 6.42 Å². The maximum atomic E-state index is 10.5. The van der Waals surface area contributed by atoms with E-state index in [1.807, 2.05) is 0 Å². The van der Waals surface area contributed by atoms with Crippen molar-refractivity contribution in [1.82, 2.24) is 4.72 Å². The molecule has 7 heteroatoms. The summed E-state index contributed by atoms with van der Waals surface area (Å²) >= 11 is 0. The first kappa shape index (κ1) is 7.00. The molecule has 10 heavy (non-hydrogen) atoms. The number of hydrogen-bond acceptors (Lipinski definition) is 4. The molecule has 0 atom stereocenters. The Hall–Kier alpha value is -1.11. The zero-order chi connectivity index (χ0) is 7.78. The van der Waals surface area contributed by atoms with E-state index < -0.39 is 16.1 Å². The Morgan fingerprint density at radius 2 is 2.20 bits per heavy atom. The van der Waals surface area contributed by atoms with Crippen LogP contribution in [0.25, 0.3) is 0 Å². The average Bonchev–Trinajstić information content (AvgIpc) is 1.54. The Labute approximate surface area is 57.3 Å². The summed E-state index contributed by atoms with van der Waals surface area (Å²) in [6, 6.07) is 0. The predicted molar refractivity (Wildman–Crippen MR) is 33.3 cm³/mol. The number of carbonyl (C=O) groups excluding carboxylic acids is 1. The lowest BCUT2D eigenvalue weighted by Gasteiger charge is -2.07. The molecule has 0 aromatic heterocycles. The maximum Gasteiger partial charge on any atom is 0.346 e. The quantitative estimate of drug-likeness (QED) is 0.435. The summed E-state index contributed by atoms with van der Waals surface area (Å²) in [5.41, 5.74) is 5.01. The smallest absolute Gasteiger partial charge is 0.346 e. The van der Waals surface area contributed by atoms with Crippen LogP contribution in [-0.2, 0) is 15.0 Å². The molecule has 1 amide bonds. The van der Waals surface area contributed by atoms with Crippen LogP contribution in [0.1, 0.15) is 6.42 Å². The maximum absolute atomic E-state index is 10.5. The average molecular weight is 163 g/mol. The molecule has 0 bridgehead atoms. The largest absolute Gasteiger partial charge is 0.386 e. The summed E-state index contributed by atoms with van der Waals surface area (Å²) in [5.74, 6) is -0.823. The number of carbonyl (C=O) groups is 1. The van der Waals surface area contributed by atoms with Crippen molar-refractivity contribution in [2.75, 3.05) is 0 Å². The van der Waals surface area contributed by atoms with Gasteiger partial charge in [-0.25, -0.2) is 4.72 Å². The van der Waals surface area contributed by atoms with E-state index in [2.05, 4.69) is 4.40 Å². The summed E-state index contributed by atoms with van der Waals surface area (Å²) in [4.78, 5) is 10.4. The zero-order valence-corrected chi connectivity index (χ0v) is 5.68. The van der Waals surface area contributed by atoms with E-state index in [0.717, 1.165) is 0 Å². The highest BCUT2D eigenvalue weighted by Gasteiger charge is 2.20. The van der Waals surface area contributed by atoms with Gasteiger partial charge in [-0.3, -0.25) is 4.79 Å². The fourth-order valence-corrected chi connectivity index (χ4v) is 1.33. The molecular formula is C3H5N3O3S. The minimum atomic E-state index is -3.82. The van der Waals surface area contributed by atoms with Crippen molar-refractivity contribution in [2.24, 2.45) is 10.1 Å². The van der Waals surface area contributed by atoms with Gasteiger partial charge in [0.2, 0.25) is 5.91 Å². The number of nitrogens with two attached hydrogens (primary N) is 1. The van der Waals surface area contributed by atoms with Crippen molar-refractivity contribution < 1.29 is 13.2 Å². The van der Waals surface area contributed by atoms with Crippen molar-refractivity contribution in [1.29, 1.82) is 0 Å². The van der Waals surface area contributed by atoms with E-state index in [4.69, 9.17) is 5.73 Å². The van der Waals surface area contributed by atoms with Gasteiger partial charge in [-0.1, -0.05) is 0 Å². The summed E-state index contributed by atoms with van der Waals surface area (Å²) in [6.45, 7) is 0. The minimum absolute atomic E-state index is 0.154. The zero-order valence-electron chi connectivity index (χ0n) is 4.86. The molecule has 1 rings (SSSR count). The number of hydrogen-bond donors (Lipinski definition) is 2. The van der Waals surface area contributed by atoms with Crippen LogP contribution in [0.4, 0.5) is 0 Å². The highest BCUT2D eigenvalue weighted by Crippen LogP contribution is 1.96. The summed E-state index contributed by atoms with van der Waals surface area (Å²) in [7, 11) is -3.82. The van der Waals surface area contributed by atoms with E-state index in [1.54, 1.807) is 4.72 Å². The fraction of sp³-hybridized carbons (Fsp3) is 0.333. The number of rotatable bonds is 0. The molecular weight excluding hydrogens is 158 g/mol. The Morgan fingerprint density at radius 3 is 2.60 bits per heavy atom. The van der Waals surface area contributed by atoms with Crippen LogP contribution in [0, 0.1) is 0 Å². The van der Waals surface area contributed by atoms with Gasteiger partial charge in [0.15, 0.2) is 0 Å². The third-order valence-electron chi connectivity index (χ3n) is 0.822. The molecule has 56 valence electrons. The van der Waals surface area contributed by atoms with Crippen molar-refractivity contribution in [3.8, 4) is 0 Å². The first-order chi connectivity index (χ1) is 4.49. The minimum Gasteiger partial charge on any atom is -0.386 e. The second-order valence-corrected chi connectivity index (χ2v) is 3.10. The van der Waals surface area contributed by atoms with Crippen LogP contribution in [0.5, 0.6) is 0 Å². The second kappa shape index (κ2) is 1.94. The molecule has 1 aliphatic rings. The predicted octanol–water partition coefficient (Wildman–Crippen LogP) is -1.89. The lowest BCUT2D eigenvalue weighted by atomic mass is 10.4. The van der Waals surface area contributed by atoms with Crippen molar-refractivity contribution in [3.63, 3.8) is 0 Å². The highest BCUT2D eigenvalue weighted by atomic mass is 32.2. The van der Waals surface area contributed by atoms with Crippen LogP contribution in [0.15, 0.2) is 4.40 Å². The molecule has 1 heterocycles. The van der Waals surface area contributed by atoms with Crippen molar-refractivity contribution in [3.05, 3.63) is 0 Å². The van der Waals surface area contributed by atoms with E-state index in [-0.39, 0.29) is 12.3 Å². The molecule has 6 nitrogen and oxygen atoms in total. The van der Waals surface area contributed by atoms with Crippen molar-refractivity contribution >= 4 is 22.0 Å². The van der Waals surface area contributed by atoms with Gasteiger partial charge < -0.3 is 5.73 Å². The number of nitrogens with zero attached hydrogens (tertiary/aromatic N) is 1. The monoisotopic (exact) mass is 163 g/mol. The molecule has 0 saturated carbocycles. The molecule has 0 spiro atoms. The summed E-state index contributed by atoms with van der Waals surface area (Å²) in [5, 5.41) is 0. The Morgan fingerprint density at radius 1 is 1.60 bits per heavy atom. The van der Waals surface area contributed by atoms with Gasteiger partial charge in [0, 0.05) is 0 Å². The first-order valence-electron chi connectivity index (χ1n) is 2.39. The molecule has 0 aromatic rings. The van der Waals surface area contributed by atoms with Gasteiger partial charge in [0.25, 0.3) is 0 Å². The Balaban J connectivity index is 3.07. The normalized spacial score (nSPS) is 23.2. The third kappa shape index (κ3) is 1.44. The number of amidine groups is 1. The van der Waals surface area contributed by atoms with Gasteiger partial charge in [-0.05, 0) is 0 Å². The van der Waals surface area contributed by atoms with Gasteiger partial charge in [0.1, 0.15) is 5.84 Å². The van der Waals surface area contributed by atoms with Crippen LogP contribution >= 0.6 is 0 Å². The third-order valence-corrected chi connectivity index (χ3v) is 1.78. The fourth-order valence-electron chi connectivity index (χ4n) is 0.554. The second-order valence-electron chi connectivity index (χ2n) is 1.76. The van der Waals surface area contributed by atoms with Crippen LogP contribution in [-0.4, -0.2) is 20.2 Å². The number of amides is 1. The van der Waals surface area contributed by atoms with E-state index >= 15 is 0 Å². The van der Waals surface area contributed by atoms with E-state index in [0.29, 0.717) is 0 Å². The van der Waals surface area contributed by atoms with Gasteiger partial charge in [-0.2, -0.15) is 8.42 Å². The topological polar surface area (TPSA) is 102 Å². The Bertz CT molecular complexity index is 290. The Kier molecular flexibility index (Phi) is 1.36. The van der Waals surface area contributed by atoms with Crippen LogP contribution in [0.3, 0.4) is 0 Å². The van der Waals surface area contributed by atoms with Gasteiger partial charge in [-0.15, -0.1) is 4.40 Å². The standard InChI is InChI=1S/C3H5N3O3S/c4-2-1-3(7)6-10(8,9)5-2/h1H2,(H2,4,5)(H,6,7). The summed E-state index contributed by atoms with van der Waals surface area (Å²) in [6.07, 6.45) is -0.154. The number of nitrogens with one attached hydrogen (secondary N) is 1. The van der Waals surface area contributed by atoms with Gasteiger partial charge >= 0.3 is 10.2 Å². The highest BCUT2D eigenvalue weighted by molar-refractivity contribution is 7.89.